The molecule has 158 valence electrons. The van der Waals surface area contributed by atoms with E-state index in [1.54, 1.807) is 0 Å². The van der Waals surface area contributed by atoms with E-state index in [0.717, 1.165) is 69.3 Å². The van der Waals surface area contributed by atoms with Gasteiger partial charge in [-0.15, -0.1) is 10.2 Å². The number of quaternary nitrogens is 1. The smallest absolute Gasteiger partial charge is 0.178 e. The highest BCUT2D eigenvalue weighted by molar-refractivity contribution is 6.30. The van der Waals surface area contributed by atoms with E-state index in [-0.39, 0.29) is 11.3 Å². The van der Waals surface area contributed by atoms with E-state index in [0.29, 0.717) is 12.4 Å². The quantitative estimate of drug-likeness (QED) is 0.577. The van der Waals surface area contributed by atoms with Crippen molar-refractivity contribution in [1.82, 2.24) is 14.8 Å². The lowest BCUT2D eigenvalue weighted by molar-refractivity contribution is -0.897. The van der Waals surface area contributed by atoms with Crippen molar-refractivity contribution in [3.63, 3.8) is 0 Å². The maximum atomic E-state index is 10.8. The first-order valence-corrected chi connectivity index (χ1v) is 11.0. The summed E-state index contributed by atoms with van der Waals surface area (Å²) >= 11 is 6.18. The van der Waals surface area contributed by atoms with Crippen LogP contribution in [-0.2, 0) is 13.0 Å². The fourth-order valence-electron chi connectivity index (χ4n) is 4.40. The number of anilines is 1. The molecule has 0 saturated carbocycles. The molecular formula is C22H28ClN6O+. The van der Waals surface area contributed by atoms with Crippen LogP contribution in [-0.4, -0.2) is 52.6 Å². The van der Waals surface area contributed by atoms with Crippen molar-refractivity contribution in [2.24, 2.45) is 0 Å². The fourth-order valence-corrected chi connectivity index (χ4v) is 4.57. The SMILES string of the molecule is Cc1ccc(Cl)cc1N1CC[NH+](C/C(O)=C(\C#N)c2nnc3n2CCCCC3)CC1. The molecule has 1 aromatic heterocycles. The van der Waals surface area contributed by atoms with Crippen molar-refractivity contribution in [3.05, 3.63) is 46.2 Å². The highest BCUT2D eigenvalue weighted by Crippen LogP contribution is 2.24. The lowest BCUT2D eigenvalue weighted by atomic mass is 10.1. The number of aliphatic hydroxyl groups excluding tert-OH is 1. The predicted molar refractivity (Wildman–Crippen MR) is 117 cm³/mol. The molecule has 1 aromatic carbocycles. The largest absolute Gasteiger partial charge is 0.506 e. The van der Waals surface area contributed by atoms with E-state index in [1.807, 2.05) is 22.8 Å². The van der Waals surface area contributed by atoms with E-state index in [2.05, 4.69) is 28.1 Å². The van der Waals surface area contributed by atoms with Gasteiger partial charge < -0.3 is 19.5 Å². The number of allylic oxidation sites excluding steroid dienone is 1. The first kappa shape index (κ1) is 20.7. The topological polar surface area (TPSA) is 82.4 Å². The maximum Gasteiger partial charge on any atom is 0.178 e. The van der Waals surface area contributed by atoms with Crippen molar-refractivity contribution in [1.29, 1.82) is 5.26 Å². The number of aliphatic hydroxyl groups is 1. The number of fused-ring (bicyclic) bond motifs is 1. The van der Waals surface area contributed by atoms with Gasteiger partial charge in [0.1, 0.15) is 24.0 Å². The number of aryl methyl sites for hydroxylation is 2. The summed E-state index contributed by atoms with van der Waals surface area (Å²) in [6.07, 6.45) is 4.17. The summed E-state index contributed by atoms with van der Waals surface area (Å²) in [5, 5.41) is 29.8. The van der Waals surface area contributed by atoms with Crippen LogP contribution in [0.4, 0.5) is 5.69 Å². The van der Waals surface area contributed by atoms with E-state index in [1.165, 1.54) is 16.2 Å². The monoisotopic (exact) mass is 427 g/mol. The highest BCUT2D eigenvalue weighted by atomic mass is 35.5. The second-order valence-electron chi connectivity index (χ2n) is 8.18. The first-order valence-electron chi connectivity index (χ1n) is 10.7. The van der Waals surface area contributed by atoms with Gasteiger partial charge in [-0.1, -0.05) is 24.1 Å². The van der Waals surface area contributed by atoms with Crippen molar-refractivity contribution in [2.45, 2.75) is 39.2 Å². The number of halogens is 1. The van der Waals surface area contributed by atoms with Crippen LogP contribution in [0.25, 0.3) is 5.57 Å². The van der Waals surface area contributed by atoms with Gasteiger partial charge in [0.15, 0.2) is 11.6 Å². The Morgan fingerprint density at radius 1 is 1.20 bits per heavy atom. The number of hydrogen-bond acceptors (Lipinski definition) is 5. The Kier molecular flexibility index (Phi) is 6.26. The number of nitriles is 1. The average molecular weight is 428 g/mol. The van der Waals surface area contributed by atoms with E-state index < -0.39 is 0 Å². The van der Waals surface area contributed by atoms with E-state index in [9.17, 15) is 10.4 Å². The third-order valence-corrected chi connectivity index (χ3v) is 6.37. The Labute approximate surface area is 182 Å². The van der Waals surface area contributed by atoms with Gasteiger partial charge in [-0.3, -0.25) is 0 Å². The summed E-state index contributed by atoms with van der Waals surface area (Å²) in [7, 11) is 0. The van der Waals surface area contributed by atoms with Gasteiger partial charge in [0.25, 0.3) is 0 Å². The van der Waals surface area contributed by atoms with Crippen LogP contribution in [0.1, 0.15) is 36.5 Å². The van der Waals surface area contributed by atoms with Crippen LogP contribution in [0.15, 0.2) is 24.0 Å². The van der Waals surface area contributed by atoms with Gasteiger partial charge in [0.2, 0.25) is 0 Å². The fraction of sp³-hybridized carbons (Fsp3) is 0.500. The van der Waals surface area contributed by atoms with Crippen LogP contribution in [0.5, 0.6) is 0 Å². The molecule has 2 aliphatic heterocycles. The lowest BCUT2D eigenvalue weighted by Gasteiger charge is -2.34. The summed E-state index contributed by atoms with van der Waals surface area (Å²) < 4.78 is 2.01. The second-order valence-corrected chi connectivity index (χ2v) is 8.62. The Bertz CT molecular complexity index is 984. The Morgan fingerprint density at radius 2 is 2.00 bits per heavy atom. The number of rotatable bonds is 4. The third kappa shape index (κ3) is 4.30. The summed E-state index contributed by atoms with van der Waals surface area (Å²) in [5.74, 6) is 1.54. The first-order chi connectivity index (χ1) is 14.6. The normalized spacial score (nSPS) is 18.4. The Hall–Kier alpha value is -2.56. The maximum absolute atomic E-state index is 10.8. The molecule has 2 N–H and O–H groups in total. The summed E-state index contributed by atoms with van der Waals surface area (Å²) in [5.41, 5.74) is 2.64. The molecule has 2 aliphatic rings. The van der Waals surface area contributed by atoms with Crippen molar-refractivity contribution in [3.8, 4) is 6.07 Å². The molecule has 0 atom stereocenters. The predicted octanol–water partition coefficient (Wildman–Crippen LogP) is 2.16. The minimum atomic E-state index is 0.110. The third-order valence-electron chi connectivity index (χ3n) is 6.13. The lowest BCUT2D eigenvalue weighted by Crippen LogP contribution is -3.15. The summed E-state index contributed by atoms with van der Waals surface area (Å²) in [6.45, 7) is 6.85. The number of nitrogens with zero attached hydrogens (tertiary/aromatic N) is 5. The Balaban J connectivity index is 1.45. The molecular weight excluding hydrogens is 400 g/mol. The number of aromatic nitrogens is 3. The van der Waals surface area contributed by atoms with Crippen molar-refractivity contribution < 1.29 is 10.0 Å². The molecule has 3 heterocycles. The Morgan fingerprint density at radius 3 is 2.77 bits per heavy atom. The molecule has 0 bridgehead atoms. The second kappa shape index (κ2) is 9.07. The summed E-state index contributed by atoms with van der Waals surface area (Å²) in [6, 6.07) is 8.16. The average Bonchev–Trinajstić information content (AvgIpc) is 2.98. The van der Waals surface area contributed by atoms with Crippen LogP contribution in [0.2, 0.25) is 5.02 Å². The standard InChI is InChI=1S/C22H27ClN6O/c1-16-6-7-17(23)13-19(16)28-11-9-27(10-12-28)15-20(30)18(14-24)22-26-25-21-5-3-2-4-8-29(21)22/h6-7,13,30H,2-5,8-12,15H2,1H3/p+1/b20-18-. The van der Waals surface area contributed by atoms with Crippen LogP contribution >= 0.6 is 11.6 Å². The van der Waals surface area contributed by atoms with E-state index in [4.69, 9.17) is 11.6 Å². The zero-order valence-corrected chi connectivity index (χ0v) is 18.1. The molecule has 0 amide bonds. The molecule has 2 aromatic rings. The van der Waals surface area contributed by atoms with Crippen LogP contribution in [0.3, 0.4) is 0 Å². The zero-order valence-electron chi connectivity index (χ0n) is 17.4. The molecule has 0 aliphatic carbocycles. The van der Waals surface area contributed by atoms with Gasteiger partial charge >= 0.3 is 0 Å². The van der Waals surface area contributed by atoms with Crippen molar-refractivity contribution in [2.75, 3.05) is 37.6 Å². The highest BCUT2D eigenvalue weighted by Gasteiger charge is 2.26. The van der Waals surface area contributed by atoms with Gasteiger partial charge in [-0.2, -0.15) is 5.26 Å². The molecule has 7 nitrogen and oxygen atoms in total. The van der Waals surface area contributed by atoms with Crippen molar-refractivity contribution >= 4 is 22.9 Å². The summed E-state index contributed by atoms with van der Waals surface area (Å²) in [4.78, 5) is 3.60. The van der Waals surface area contributed by atoms with E-state index >= 15 is 0 Å². The van der Waals surface area contributed by atoms with Gasteiger partial charge in [-0.05, 0) is 37.5 Å². The minimum absolute atomic E-state index is 0.110. The number of hydrogen-bond donors (Lipinski definition) is 2. The minimum Gasteiger partial charge on any atom is -0.506 e. The molecule has 1 saturated heterocycles. The molecule has 0 spiro atoms. The molecule has 0 radical (unpaired) electrons. The molecule has 4 rings (SSSR count). The van der Waals surface area contributed by atoms with Gasteiger partial charge in [-0.25, -0.2) is 0 Å². The van der Waals surface area contributed by atoms with Gasteiger partial charge in [0, 0.05) is 23.7 Å². The molecule has 30 heavy (non-hydrogen) atoms. The van der Waals surface area contributed by atoms with Crippen LogP contribution in [0, 0.1) is 18.3 Å². The zero-order chi connectivity index (χ0) is 21.1. The number of nitrogens with one attached hydrogen (secondary N) is 1. The molecule has 8 heteroatoms. The van der Waals surface area contributed by atoms with Crippen LogP contribution < -0.4 is 9.80 Å². The molecule has 1 fully saturated rings. The molecule has 0 unspecified atom stereocenters. The number of piperazine rings is 1. The van der Waals surface area contributed by atoms with Gasteiger partial charge in [0.05, 0.1) is 26.2 Å². The number of benzene rings is 1.